The van der Waals surface area contributed by atoms with Crippen LogP contribution in [0.1, 0.15) is 24.0 Å². The molecular formula is C20H14F6N2O4. The Kier molecular flexibility index (Phi) is 4.98. The van der Waals surface area contributed by atoms with Gasteiger partial charge in [-0.05, 0) is 49.2 Å². The van der Waals surface area contributed by atoms with Gasteiger partial charge in [0.1, 0.15) is 17.0 Å². The van der Waals surface area contributed by atoms with Gasteiger partial charge in [-0.2, -0.15) is 13.2 Å². The molecule has 1 heterocycles. The van der Waals surface area contributed by atoms with Crippen molar-refractivity contribution in [2.75, 3.05) is 5.32 Å². The van der Waals surface area contributed by atoms with Gasteiger partial charge in [0.25, 0.3) is 5.91 Å². The van der Waals surface area contributed by atoms with Crippen LogP contribution in [0.5, 0.6) is 11.5 Å². The lowest BCUT2D eigenvalue weighted by molar-refractivity contribution is -0.274. The molecule has 1 aliphatic carbocycles. The number of alkyl halides is 6. The van der Waals surface area contributed by atoms with Gasteiger partial charge in [-0.3, -0.25) is 4.79 Å². The van der Waals surface area contributed by atoms with E-state index in [0.717, 1.165) is 30.3 Å². The van der Waals surface area contributed by atoms with Crippen molar-refractivity contribution in [1.82, 2.24) is 0 Å². The summed E-state index contributed by atoms with van der Waals surface area (Å²) in [6.07, 6.45) is -9.71. The number of halogens is 6. The molecule has 1 spiro atoms. The van der Waals surface area contributed by atoms with Crippen molar-refractivity contribution in [3.63, 3.8) is 0 Å². The molecule has 1 unspecified atom stereocenters. The van der Waals surface area contributed by atoms with Crippen molar-refractivity contribution in [3.8, 4) is 11.5 Å². The summed E-state index contributed by atoms with van der Waals surface area (Å²) in [6.45, 7) is 0. The van der Waals surface area contributed by atoms with Crippen molar-refractivity contribution >= 4 is 17.5 Å². The number of hydrogen-bond acceptors (Lipinski definition) is 5. The van der Waals surface area contributed by atoms with Crippen LogP contribution in [0.2, 0.25) is 0 Å². The van der Waals surface area contributed by atoms with E-state index in [0.29, 0.717) is 12.8 Å². The number of nitrogens with one attached hydrogen (secondary N) is 1. The summed E-state index contributed by atoms with van der Waals surface area (Å²) >= 11 is 0. The molecular weight excluding hydrogens is 446 g/mol. The zero-order chi connectivity index (χ0) is 23.3. The molecule has 170 valence electrons. The largest absolute Gasteiger partial charge is 0.573 e. The van der Waals surface area contributed by atoms with E-state index >= 15 is 0 Å². The Morgan fingerprint density at radius 1 is 1.09 bits per heavy atom. The average Bonchev–Trinajstić information content (AvgIpc) is 3.34. The number of nitrogens with zero attached hydrogens (tertiary/aromatic N) is 1. The lowest BCUT2D eigenvalue weighted by atomic mass is 10.1. The standard InChI is InChI=1S/C20H14F6N2O4/c21-19(22,23)11-3-1-10(2-4-11)17-28-18(7-8-18)15(31-17)16(30)27-13-9-12(5-6-14(13)29)32-20(24,25)26/h1-6,9,15,29H,7-8H2,(H,27,30). The molecule has 12 heteroatoms. The van der Waals surface area contributed by atoms with E-state index in [-0.39, 0.29) is 17.1 Å². The third-order valence-electron chi connectivity index (χ3n) is 4.96. The van der Waals surface area contributed by atoms with E-state index in [4.69, 9.17) is 4.74 Å². The van der Waals surface area contributed by atoms with Crippen LogP contribution in [0.25, 0.3) is 0 Å². The van der Waals surface area contributed by atoms with Crippen LogP contribution in [-0.2, 0) is 15.7 Å². The van der Waals surface area contributed by atoms with Crippen LogP contribution in [0.3, 0.4) is 0 Å². The maximum absolute atomic E-state index is 12.8. The van der Waals surface area contributed by atoms with Gasteiger partial charge in [0, 0.05) is 11.6 Å². The molecule has 1 amide bonds. The highest BCUT2D eigenvalue weighted by molar-refractivity contribution is 6.03. The number of aliphatic imine (C=N–C) groups is 1. The Morgan fingerprint density at radius 3 is 2.31 bits per heavy atom. The fourth-order valence-corrected chi connectivity index (χ4v) is 3.25. The summed E-state index contributed by atoms with van der Waals surface area (Å²) in [6, 6.07) is 6.65. The fraction of sp³-hybridized carbons (Fsp3) is 0.300. The zero-order valence-electron chi connectivity index (χ0n) is 15.9. The predicted molar refractivity (Wildman–Crippen MR) is 98.2 cm³/mol. The number of aromatic hydroxyl groups is 1. The number of rotatable bonds is 4. The van der Waals surface area contributed by atoms with Gasteiger partial charge in [-0.25, -0.2) is 4.99 Å². The van der Waals surface area contributed by atoms with E-state index in [1.165, 1.54) is 12.1 Å². The number of benzene rings is 2. The second kappa shape index (κ2) is 7.31. The number of ether oxygens (including phenoxy) is 2. The topological polar surface area (TPSA) is 80.2 Å². The van der Waals surface area contributed by atoms with Crippen LogP contribution in [0.4, 0.5) is 32.0 Å². The maximum Gasteiger partial charge on any atom is 0.573 e. The number of phenolic OH excluding ortho intramolecular Hbond substituents is 1. The molecule has 0 saturated heterocycles. The van der Waals surface area contributed by atoms with Crippen molar-refractivity contribution < 1.29 is 45.7 Å². The number of amides is 1. The highest BCUT2D eigenvalue weighted by atomic mass is 19.4. The molecule has 32 heavy (non-hydrogen) atoms. The molecule has 1 aliphatic heterocycles. The first-order valence-electron chi connectivity index (χ1n) is 9.20. The maximum atomic E-state index is 12.8. The minimum Gasteiger partial charge on any atom is -0.506 e. The summed E-state index contributed by atoms with van der Waals surface area (Å²) in [5, 5.41) is 12.2. The Hall–Kier alpha value is -3.44. The van der Waals surface area contributed by atoms with Crippen molar-refractivity contribution in [2.24, 2.45) is 4.99 Å². The molecule has 2 aromatic carbocycles. The lowest BCUT2D eigenvalue weighted by Crippen LogP contribution is -2.37. The normalized spacial score (nSPS) is 19.3. The Balaban J connectivity index is 1.50. The van der Waals surface area contributed by atoms with Gasteiger partial charge in [-0.15, -0.1) is 13.2 Å². The monoisotopic (exact) mass is 460 g/mol. The Morgan fingerprint density at radius 2 is 1.75 bits per heavy atom. The summed E-state index contributed by atoms with van der Waals surface area (Å²) < 4.78 is 84.9. The van der Waals surface area contributed by atoms with E-state index in [9.17, 15) is 36.2 Å². The van der Waals surface area contributed by atoms with Gasteiger partial charge >= 0.3 is 12.5 Å². The van der Waals surface area contributed by atoms with Crippen LogP contribution in [-0.4, -0.2) is 34.9 Å². The smallest absolute Gasteiger partial charge is 0.506 e. The highest BCUT2D eigenvalue weighted by Gasteiger charge is 2.59. The third-order valence-corrected chi connectivity index (χ3v) is 4.96. The Labute approximate surface area is 176 Å². The molecule has 0 aromatic heterocycles. The van der Waals surface area contributed by atoms with Gasteiger partial charge in [-0.1, -0.05) is 0 Å². The first-order valence-corrected chi connectivity index (χ1v) is 9.20. The number of hydrogen-bond donors (Lipinski definition) is 2. The van der Waals surface area contributed by atoms with Crippen molar-refractivity contribution in [3.05, 3.63) is 53.6 Å². The predicted octanol–water partition coefficient (Wildman–Crippen LogP) is 4.63. The fourth-order valence-electron chi connectivity index (χ4n) is 3.25. The van der Waals surface area contributed by atoms with Gasteiger partial charge in [0.15, 0.2) is 0 Å². The number of carbonyl (C=O) groups is 1. The molecule has 2 aromatic rings. The summed E-state index contributed by atoms with van der Waals surface area (Å²) in [5.74, 6) is -1.96. The molecule has 2 N–H and O–H groups in total. The van der Waals surface area contributed by atoms with Gasteiger partial charge in [0.05, 0.1) is 11.3 Å². The zero-order valence-corrected chi connectivity index (χ0v) is 15.9. The van der Waals surface area contributed by atoms with Crippen molar-refractivity contribution in [2.45, 2.75) is 37.0 Å². The molecule has 6 nitrogen and oxygen atoms in total. The van der Waals surface area contributed by atoms with E-state index < -0.39 is 47.2 Å². The summed E-state index contributed by atoms with van der Waals surface area (Å²) in [7, 11) is 0. The summed E-state index contributed by atoms with van der Waals surface area (Å²) in [5.41, 5.74) is -1.87. The molecule has 2 aliphatic rings. The second-order valence-corrected chi connectivity index (χ2v) is 7.31. The molecule has 0 bridgehead atoms. The second-order valence-electron chi connectivity index (χ2n) is 7.31. The first kappa shape index (κ1) is 21.8. The van der Waals surface area contributed by atoms with Gasteiger partial charge < -0.3 is 19.9 Å². The number of phenols is 1. The first-order chi connectivity index (χ1) is 14.9. The van der Waals surface area contributed by atoms with Crippen LogP contribution >= 0.6 is 0 Å². The molecule has 1 atom stereocenters. The lowest BCUT2D eigenvalue weighted by Gasteiger charge is -2.18. The van der Waals surface area contributed by atoms with Crippen LogP contribution < -0.4 is 10.1 Å². The summed E-state index contributed by atoms with van der Waals surface area (Å²) in [4.78, 5) is 17.1. The molecule has 1 fully saturated rings. The minimum atomic E-state index is -4.96. The van der Waals surface area contributed by atoms with E-state index in [1.54, 1.807) is 0 Å². The van der Waals surface area contributed by atoms with E-state index in [1.807, 2.05) is 0 Å². The Bertz CT molecular complexity index is 1070. The molecule has 1 saturated carbocycles. The van der Waals surface area contributed by atoms with Crippen molar-refractivity contribution in [1.29, 1.82) is 0 Å². The molecule has 4 rings (SSSR count). The highest BCUT2D eigenvalue weighted by Crippen LogP contribution is 2.49. The third kappa shape index (κ3) is 4.43. The SMILES string of the molecule is O=C(Nc1cc(OC(F)(F)F)ccc1O)C1OC(c2ccc(C(F)(F)F)cc2)=NC12CC2. The average molecular weight is 460 g/mol. The number of anilines is 1. The minimum absolute atomic E-state index is 0.0187. The van der Waals surface area contributed by atoms with Crippen LogP contribution in [0.15, 0.2) is 47.5 Å². The quantitative estimate of drug-likeness (QED) is 0.515. The number of carbonyl (C=O) groups excluding carboxylic acids is 1. The molecule has 0 radical (unpaired) electrons. The van der Waals surface area contributed by atoms with Crippen LogP contribution in [0, 0.1) is 0 Å². The van der Waals surface area contributed by atoms with Gasteiger partial charge in [0.2, 0.25) is 12.0 Å². The van der Waals surface area contributed by atoms with E-state index in [2.05, 4.69) is 15.0 Å².